The fraction of sp³-hybridized carbons (Fsp3) is 0.333. The van der Waals surface area contributed by atoms with Crippen molar-refractivity contribution in [3.8, 4) is 0 Å². The maximum atomic E-state index is 8.55. The molecule has 0 aromatic carbocycles. The maximum Gasteiger partial charge on any atom is 0.0695 e. The van der Waals surface area contributed by atoms with E-state index >= 15 is 0 Å². The number of hydrogen-bond donors (Lipinski definition) is 1. The fourth-order valence-electron chi connectivity index (χ4n) is 0.239. The molecule has 1 N–H and O–H groups in total. The third kappa shape index (κ3) is 5.44. The molecule has 0 aliphatic carbocycles. The van der Waals surface area contributed by atoms with Crippen LogP contribution in [0.1, 0.15) is 6.92 Å². The van der Waals surface area contributed by atoms with Crippen LogP contribution in [0.15, 0.2) is 24.8 Å². The van der Waals surface area contributed by atoms with E-state index in [1.807, 2.05) is 0 Å². The van der Waals surface area contributed by atoms with Crippen LogP contribution in [0.25, 0.3) is 0 Å². The molecule has 0 heterocycles. The number of aliphatic hydroxyl groups excluding tert-OH is 1. The van der Waals surface area contributed by atoms with Gasteiger partial charge in [0.25, 0.3) is 0 Å². The molecule has 7 heavy (non-hydrogen) atoms. The highest BCUT2D eigenvalue weighted by atomic mass is 16.3. The van der Waals surface area contributed by atoms with Gasteiger partial charge in [-0.3, -0.25) is 0 Å². The SMILES string of the molecule is C=CC=CC(C)O. The van der Waals surface area contributed by atoms with Crippen molar-refractivity contribution in [3.63, 3.8) is 0 Å². The zero-order chi connectivity index (χ0) is 5.70. The standard InChI is InChI=1S/C6H10O/c1-3-4-5-6(2)7/h3-7H,1H2,2H3. The Kier molecular flexibility index (Phi) is 3.33. The van der Waals surface area contributed by atoms with Crippen molar-refractivity contribution in [1.29, 1.82) is 0 Å². The molecule has 0 bridgehead atoms. The van der Waals surface area contributed by atoms with Crippen LogP contribution >= 0.6 is 0 Å². The molecule has 1 nitrogen and oxygen atoms in total. The van der Waals surface area contributed by atoms with Crippen molar-refractivity contribution >= 4 is 0 Å². The normalized spacial score (nSPS) is 14.6. The summed E-state index contributed by atoms with van der Waals surface area (Å²) in [6.07, 6.45) is 4.66. The topological polar surface area (TPSA) is 20.2 Å². The van der Waals surface area contributed by atoms with Gasteiger partial charge < -0.3 is 5.11 Å². The Balaban J connectivity index is 3.25. The second-order valence-electron chi connectivity index (χ2n) is 1.36. The average Bonchev–Trinajstić information content (AvgIpc) is 1.61. The molecule has 0 amide bonds. The van der Waals surface area contributed by atoms with Crippen molar-refractivity contribution in [1.82, 2.24) is 0 Å². The van der Waals surface area contributed by atoms with E-state index in [1.54, 1.807) is 25.2 Å². The molecule has 0 aromatic rings. The van der Waals surface area contributed by atoms with Crippen molar-refractivity contribution in [2.75, 3.05) is 0 Å². The predicted octanol–water partition coefficient (Wildman–Crippen LogP) is 1.11. The fourth-order valence-corrected chi connectivity index (χ4v) is 0.239. The molecule has 0 spiro atoms. The average molecular weight is 98.1 g/mol. The van der Waals surface area contributed by atoms with Crippen LogP contribution < -0.4 is 0 Å². The van der Waals surface area contributed by atoms with E-state index in [1.165, 1.54) is 0 Å². The summed E-state index contributed by atoms with van der Waals surface area (Å²) in [6.45, 7) is 5.13. The Morgan fingerprint density at radius 2 is 2.29 bits per heavy atom. The van der Waals surface area contributed by atoms with Gasteiger partial charge in [-0.15, -0.1) is 0 Å². The maximum absolute atomic E-state index is 8.55. The van der Waals surface area contributed by atoms with E-state index in [-0.39, 0.29) is 6.10 Å². The molecule has 0 aromatic heterocycles. The summed E-state index contributed by atoms with van der Waals surface area (Å²) < 4.78 is 0. The highest BCUT2D eigenvalue weighted by Crippen LogP contribution is 1.80. The lowest BCUT2D eigenvalue weighted by molar-refractivity contribution is 0.244. The minimum Gasteiger partial charge on any atom is -0.389 e. The summed E-state index contributed by atoms with van der Waals surface area (Å²) in [6, 6.07) is 0. The van der Waals surface area contributed by atoms with Crippen molar-refractivity contribution < 1.29 is 5.11 Å². The van der Waals surface area contributed by atoms with Gasteiger partial charge in [-0.05, 0) is 6.92 Å². The lowest BCUT2D eigenvalue weighted by Gasteiger charge is -1.87. The predicted molar refractivity (Wildman–Crippen MR) is 31.0 cm³/mol. The third-order valence-corrected chi connectivity index (χ3v) is 0.526. The van der Waals surface area contributed by atoms with E-state index in [2.05, 4.69) is 6.58 Å². The molecule has 0 saturated heterocycles. The molecule has 0 rings (SSSR count). The highest BCUT2D eigenvalue weighted by molar-refractivity contribution is 4.99. The first-order chi connectivity index (χ1) is 3.27. The van der Waals surface area contributed by atoms with Gasteiger partial charge in [0.2, 0.25) is 0 Å². The lowest BCUT2D eigenvalue weighted by Crippen LogP contribution is -1.90. The molecule has 0 fully saturated rings. The van der Waals surface area contributed by atoms with Crippen molar-refractivity contribution in [3.05, 3.63) is 24.8 Å². The highest BCUT2D eigenvalue weighted by Gasteiger charge is 1.78. The van der Waals surface area contributed by atoms with Gasteiger partial charge in [-0.25, -0.2) is 0 Å². The smallest absolute Gasteiger partial charge is 0.0695 e. The van der Waals surface area contributed by atoms with Crippen LogP contribution in [0.5, 0.6) is 0 Å². The lowest BCUT2D eigenvalue weighted by atomic mass is 10.3. The zero-order valence-corrected chi connectivity index (χ0v) is 4.46. The molecule has 1 heteroatoms. The Bertz CT molecular complexity index is 72.2. The summed E-state index contributed by atoms with van der Waals surface area (Å²) in [5, 5.41) is 8.55. The van der Waals surface area contributed by atoms with E-state index < -0.39 is 0 Å². The molecule has 0 saturated carbocycles. The minimum atomic E-state index is -0.349. The van der Waals surface area contributed by atoms with Gasteiger partial charge in [0.1, 0.15) is 0 Å². The van der Waals surface area contributed by atoms with E-state index in [4.69, 9.17) is 5.11 Å². The number of allylic oxidation sites excluding steroid dienone is 2. The van der Waals surface area contributed by atoms with Gasteiger partial charge in [-0.1, -0.05) is 24.8 Å². The van der Waals surface area contributed by atoms with Gasteiger partial charge in [0.15, 0.2) is 0 Å². The Hall–Kier alpha value is -0.560. The summed E-state index contributed by atoms with van der Waals surface area (Å²) in [4.78, 5) is 0. The first kappa shape index (κ1) is 6.44. The first-order valence-electron chi connectivity index (χ1n) is 2.24. The zero-order valence-electron chi connectivity index (χ0n) is 4.46. The van der Waals surface area contributed by atoms with Crippen LogP contribution in [-0.4, -0.2) is 11.2 Å². The molecule has 1 atom stereocenters. The third-order valence-electron chi connectivity index (χ3n) is 0.526. The molecule has 0 aliphatic heterocycles. The van der Waals surface area contributed by atoms with E-state index in [0.29, 0.717) is 0 Å². The quantitative estimate of drug-likeness (QED) is 0.513. The van der Waals surface area contributed by atoms with Gasteiger partial charge in [0.05, 0.1) is 6.10 Å². The van der Waals surface area contributed by atoms with Crippen molar-refractivity contribution in [2.45, 2.75) is 13.0 Å². The number of hydrogen-bond acceptors (Lipinski definition) is 1. The second kappa shape index (κ2) is 3.62. The second-order valence-corrected chi connectivity index (χ2v) is 1.36. The van der Waals surface area contributed by atoms with Crippen LogP contribution in [0, 0.1) is 0 Å². The molecule has 0 radical (unpaired) electrons. The van der Waals surface area contributed by atoms with Crippen molar-refractivity contribution in [2.24, 2.45) is 0 Å². The monoisotopic (exact) mass is 98.1 g/mol. The van der Waals surface area contributed by atoms with Gasteiger partial charge >= 0.3 is 0 Å². The largest absolute Gasteiger partial charge is 0.389 e. The molecular weight excluding hydrogens is 88.1 g/mol. The minimum absolute atomic E-state index is 0.349. The van der Waals surface area contributed by atoms with Gasteiger partial charge in [0, 0.05) is 0 Å². The van der Waals surface area contributed by atoms with E-state index in [9.17, 15) is 0 Å². The molecular formula is C6H10O. The summed E-state index contributed by atoms with van der Waals surface area (Å²) in [5.74, 6) is 0. The molecule has 1 unspecified atom stereocenters. The first-order valence-corrected chi connectivity index (χ1v) is 2.24. The Morgan fingerprint density at radius 1 is 1.71 bits per heavy atom. The Morgan fingerprint density at radius 3 is 2.43 bits per heavy atom. The number of rotatable bonds is 2. The summed E-state index contributed by atoms with van der Waals surface area (Å²) in [5.41, 5.74) is 0. The van der Waals surface area contributed by atoms with E-state index in [0.717, 1.165) is 0 Å². The molecule has 0 aliphatic rings. The summed E-state index contributed by atoms with van der Waals surface area (Å²) in [7, 11) is 0. The summed E-state index contributed by atoms with van der Waals surface area (Å²) >= 11 is 0. The molecule has 40 valence electrons. The van der Waals surface area contributed by atoms with Crippen LogP contribution in [0.3, 0.4) is 0 Å². The van der Waals surface area contributed by atoms with Crippen LogP contribution in [-0.2, 0) is 0 Å². The van der Waals surface area contributed by atoms with Gasteiger partial charge in [-0.2, -0.15) is 0 Å². The van der Waals surface area contributed by atoms with Crippen LogP contribution in [0.2, 0.25) is 0 Å². The van der Waals surface area contributed by atoms with Crippen LogP contribution in [0.4, 0.5) is 0 Å². The number of aliphatic hydroxyl groups is 1. The Labute approximate surface area is 44.0 Å².